The topological polar surface area (TPSA) is 41.1 Å². The van der Waals surface area contributed by atoms with E-state index in [-0.39, 0.29) is 17.0 Å². The molecule has 2 fully saturated rings. The molecule has 0 spiro atoms. The normalized spacial score (nSPS) is 18.1. The summed E-state index contributed by atoms with van der Waals surface area (Å²) in [6, 6.07) is 5.04. The fraction of sp³-hybridized carbons (Fsp3) is 0.375. The second-order valence-corrected chi connectivity index (χ2v) is 7.54. The molecule has 1 amide bonds. The van der Waals surface area contributed by atoms with Crippen molar-refractivity contribution in [2.45, 2.75) is 50.6 Å². The van der Waals surface area contributed by atoms with E-state index in [2.05, 4.69) is 29.1 Å². The summed E-state index contributed by atoms with van der Waals surface area (Å²) < 4.78 is 14.4. The van der Waals surface area contributed by atoms with E-state index in [1.165, 1.54) is 25.3 Å². The molecule has 0 bridgehead atoms. The van der Waals surface area contributed by atoms with Crippen LogP contribution in [0.3, 0.4) is 0 Å². The van der Waals surface area contributed by atoms with Gasteiger partial charge in [0.25, 0.3) is 5.91 Å². The first-order valence-corrected chi connectivity index (χ1v) is 9.88. The molecule has 2 aliphatic rings. The van der Waals surface area contributed by atoms with Crippen LogP contribution in [-0.2, 0) is 0 Å². The van der Waals surface area contributed by atoms with Crippen molar-refractivity contribution < 1.29 is 9.18 Å². The smallest absolute Gasteiger partial charge is 0.251 e. The van der Waals surface area contributed by atoms with Gasteiger partial charge < -0.3 is 10.6 Å². The molecule has 0 heterocycles. The Hall–Kier alpha value is -2.64. The van der Waals surface area contributed by atoms with Crippen molar-refractivity contribution in [1.29, 1.82) is 0 Å². The lowest BCUT2D eigenvalue weighted by Crippen LogP contribution is -2.58. The summed E-state index contributed by atoms with van der Waals surface area (Å²) in [5.41, 5.74) is 1.36. The molecule has 0 radical (unpaired) electrons. The Morgan fingerprint density at radius 1 is 1.39 bits per heavy atom. The van der Waals surface area contributed by atoms with E-state index in [4.69, 9.17) is 0 Å². The Kier molecular flexibility index (Phi) is 6.49. The average molecular weight is 378 g/mol. The first-order chi connectivity index (χ1) is 13.5. The molecular formula is C24H27FN2O. The third-order valence-corrected chi connectivity index (χ3v) is 5.20. The molecule has 1 aromatic rings. The van der Waals surface area contributed by atoms with E-state index >= 15 is 0 Å². The SMILES string of the molecule is C=C/C=C(C#Cc1ccc(C(=O)NCC2(NC3CC3)CCC2)cc1F)\C=C/C. The van der Waals surface area contributed by atoms with Crippen LogP contribution in [0.4, 0.5) is 4.39 Å². The lowest BCUT2D eigenvalue weighted by molar-refractivity contribution is 0.0910. The van der Waals surface area contributed by atoms with Crippen molar-refractivity contribution in [3.63, 3.8) is 0 Å². The van der Waals surface area contributed by atoms with Crippen molar-refractivity contribution in [3.8, 4) is 11.8 Å². The summed E-state index contributed by atoms with van der Waals surface area (Å²) in [7, 11) is 0. The van der Waals surface area contributed by atoms with Crippen molar-refractivity contribution >= 4 is 5.91 Å². The second kappa shape index (κ2) is 9.03. The quantitative estimate of drug-likeness (QED) is 0.550. The van der Waals surface area contributed by atoms with Gasteiger partial charge in [-0.05, 0) is 63.3 Å². The number of hydrogen-bond acceptors (Lipinski definition) is 2. The van der Waals surface area contributed by atoms with E-state index in [1.54, 1.807) is 24.3 Å². The summed E-state index contributed by atoms with van der Waals surface area (Å²) in [4.78, 5) is 12.5. The van der Waals surface area contributed by atoms with Crippen molar-refractivity contribution in [1.82, 2.24) is 10.6 Å². The molecule has 2 aliphatic carbocycles. The van der Waals surface area contributed by atoms with Crippen LogP contribution in [0.1, 0.15) is 54.9 Å². The third kappa shape index (κ3) is 5.21. The van der Waals surface area contributed by atoms with Crippen LogP contribution in [0, 0.1) is 17.7 Å². The third-order valence-electron chi connectivity index (χ3n) is 5.20. The number of benzene rings is 1. The van der Waals surface area contributed by atoms with Gasteiger partial charge in [-0.15, -0.1) is 0 Å². The van der Waals surface area contributed by atoms with Crippen LogP contribution in [-0.4, -0.2) is 24.0 Å². The van der Waals surface area contributed by atoms with Gasteiger partial charge in [0.05, 0.1) is 5.56 Å². The Labute approximate surface area is 166 Å². The maximum Gasteiger partial charge on any atom is 0.251 e. The maximum atomic E-state index is 14.4. The average Bonchev–Trinajstić information content (AvgIpc) is 3.46. The summed E-state index contributed by atoms with van der Waals surface area (Å²) >= 11 is 0. The maximum absolute atomic E-state index is 14.4. The Morgan fingerprint density at radius 2 is 2.18 bits per heavy atom. The largest absolute Gasteiger partial charge is 0.350 e. The number of nitrogens with one attached hydrogen (secondary N) is 2. The van der Waals surface area contributed by atoms with E-state index < -0.39 is 5.82 Å². The predicted octanol–water partition coefficient (Wildman–Crippen LogP) is 4.27. The number of amides is 1. The van der Waals surface area contributed by atoms with Gasteiger partial charge in [0.1, 0.15) is 5.82 Å². The molecule has 2 N–H and O–H groups in total. The van der Waals surface area contributed by atoms with Gasteiger partial charge in [0.2, 0.25) is 0 Å². The molecule has 4 heteroatoms. The summed E-state index contributed by atoms with van der Waals surface area (Å²) in [5, 5.41) is 6.63. The number of carbonyl (C=O) groups is 1. The second-order valence-electron chi connectivity index (χ2n) is 7.54. The Balaban J connectivity index is 1.64. The first kappa shape index (κ1) is 20.1. The molecule has 0 unspecified atom stereocenters. The van der Waals surface area contributed by atoms with Gasteiger partial charge in [-0.3, -0.25) is 4.79 Å². The van der Waals surface area contributed by atoms with E-state index in [1.807, 2.05) is 19.1 Å². The van der Waals surface area contributed by atoms with E-state index in [0.29, 0.717) is 18.2 Å². The van der Waals surface area contributed by atoms with Crippen LogP contribution in [0.2, 0.25) is 0 Å². The van der Waals surface area contributed by atoms with Crippen LogP contribution in [0.5, 0.6) is 0 Å². The zero-order valence-electron chi connectivity index (χ0n) is 16.4. The van der Waals surface area contributed by atoms with Crippen LogP contribution >= 0.6 is 0 Å². The van der Waals surface area contributed by atoms with Crippen LogP contribution < -0.4 is 10.6 Å². The molecule has 28 heavy (non-hydrogen) atoms. The fourth-order valence-electron chi connectivity index (χ4n) is 3.33. The summed E-state index contributed by atoms with van der Waals surface area (Å²) in [6.45, 7) is 6.13. The van der Waals surface area contributed by atoms with Gasteiger partial charge in [-0.1, -0.05) is 36.6 Å². The number of hydrogen-bond donors (Lipinski definition) is 2. The van der Waals surface area contributed by atoms with E-state index in [9.17, 15) is 9.18 Å². The molecule has 0 aliphatic heterocycles. The molecule has 3 rings (SSSR count). The van der Waals surface area contributed by atoms with Crippen molar-refractivity contribution in [2.75, 3.05) is 6.54 Å². The molecule has 3 nitrogen and oxygen atoms in total. The molecule has 146 valence electrons. The van der Waals surface area contributed by atoms with Gasteiger partial charge in [0, 0.05) is 29.3 Å². The van der Waals surface area contributed by atoms with Crippen molar-refractivity contribution in [3.05, 3.63) is 71.6 Å². The van der Waals surface area contributed by atoms with Crippen LogP contribution in [0.15, 0.2) is 54.7 Å². The molecule has 0 atom stereocenters. The minimum atomic E-state index is -0.493. The lowest BCUT2D eigenvalue weighted by Gasteiger charge is -2.43. The number of carbonyl (C=O) groups excluding carboxylic acids is 1. The van der Waals surface area contributed by atoms with Gasteiger partial charge >= 0.3 is 0 Å². The van der Waals surface area contributed by atoms with Gasteiger partial charge in [-0.25, -0.2) is 4.39 Å². The van der Waals surface area contributed by atoms with Gasteiger partial charge in [0.15, 0.2) is 0 Å². The van der Waals surface area contributed by atoms with Gasteiger partial charge in [-0.2, -0.15) is 0 Å². The molecule has 0 aromatic heterocycles. The first-order valence-electron chi connectivity index (χ1n) is 9.88. The molecular weight excluding hydrogens is 351 g/mol. The molecule has 0 saturated heterocycles. The van der Waals surface area contributed by atoms with E-state index in [0.717, 1.165) is 18.4 Å². The minimum absolute atomic E-state index is 0.0292. The number of rotatable bonds is 7. The van der Waals surface area contributed by atoms with Crippen molar-refractivity contribution in [2.24, 2.45) is 0 Å². The highest BCUT2D eigenvalue weighted by atomic mass is 19.1. The minimum Gasteiger partial charge on any atom is -0.350 e. The predicted molar refractivity (Wildman–Crippen MR) is 111 cm³/mol. The summed E-state index contributed by atoms with van der Waals surface area (Å²) in [6.07, 6.45) is 12.9. The highest BCUT2D eigenvalue weighted by Gasteiger charge is 2.41. The lowest BCUT2D eigenvalue weighted by atomic mass is 9.76. The number of allylic oxidation sites excluding steroid dienone is 5. The Bertz CT molecular complexity index is 864. The fourth-order valence-corrected chi connectivity index (χ4v) is 3.33. The summed E-state index contributed by atoms with van der Waals surface area (Å²) in [5.74, 6) is 4.99. The van der Waals surface area contributed by atoms with Crippen LogP contribution in [0.25, 0.3) is 0 Å². The Morgan fingerprint density at radius 3 is 2.75 bits per heavy atom. The standard InChI is InChI=1S/C24H27FN2O/c1-3-6-18(7-4-2)8-9-19-10-11-20(16-22(19)25)23(28)26-17-24(14-5-15-24)27-21-12-13-21/h3-4,6-7,10-11,16,21,27H,1,5,12-15,17H2,2H3,(H,26,28)/b7-4-,18-6+. The zero-order valence-corrected chi connectivity index (χ0v) is 16.4. The monoisotopic (exact) mass is 378 g/mol. The highest BCUT2D eigenvalue weighted by molar-refractivity contribution is 5.94. The molecule has 2 saturated carbocycles. The molecule has 1 aromatic carbocycles. The zero-order chi connectivity index (χ0) is 20.0. The number of halogens is 1. The highest BCUT2D eigenvalue weighted by Crippen LogP contribution is 2.35.